The molecule has 0 saturated heterocycles. The number of halogens is 1. The minimum atomic E-state index is -0.382. The molecule has 0 radical (unpaired) electrons. The predicted octanol–water partition coefficient (Wildman–Crippen LogP) is 2.24. The molecule has 4 heteroatoms. The fourth-order valence-corrected chi connectivity index (χ4v) is 1.45. The number of hydrogen-bond acceptors (Lipinski definition) is 2. The lowest BCUT2D eigenvalue weighted by Gasteiger charge is -2.02. The van der Waals surface area contributed by atoms with Gasteiger partial charge in [0.2, 0.25) is 5.91 Å². The molecule has 15 heavy (non-hydrogen) atoms. The summed E-state index contributed by atoms with van der Waals surface area (Å²) in [5, 5.41) is 9.71. The van der Waals surface area contributed by atoms with Gasteiger partial charge in [-0.25, -0.2) is 0 Å². The molecule has 3 nitrogen and oxygen atoms in total. The van der Waals surface area contributed by atoms with E-state index in [4.69, 9.17) is 17.3 Å². The lowest BCUT2D eigenvalue weighted by molar-refractivity contribution is -0.117. The van der Waals surface area contributed by atoms with Gasteiger partial charge in [0, 0.05) is 6.42 Å². The molecule has 3 N–H and O–H groups in total. The second kappa shape index (κ2) is 4.84. The van der Waals surface area contributed by atoms with E-state index in [2.05, 4.69) is 0 Å². The third-order valence-electron chi connectivity index (χ3n) is 1.91. The molecule has 0 aromatic heterocycles. The summed E-state index contributed by atoms with van der Waals surface area (Å²) >= 11 is 5.79. The van der Waals surface area contributed by atoms with Crippen molar-refractivity contribution in [2.24, 2.45) is 5.73 Å². The summed E-state index contributed by atoms with van der Waals surface area (Å²) in [6.45, 7) is 1.76. The molecular formula is C11H12ClNO2. The lowest BCUT2D eigenvalue weighted by atomic mass is 10.1. The first kappa shape index (κ1) is 11.6. The fraction of sp³-hybridized carbons (Fsp3) is 0.182. The minimum Gasteiger partial charge on any atom is -0.506 e. The average molecular weight is 226 g/mol. The first-order valence-electron chi connectivity index (χ1n) is 4.44. The van der Waals surface area contributed by atoms with Crippen molar-refractivity contribution in [3.63, 3.8) is 0 Å². The number of primary amides is 1. The van der Waals surface area contributed by atoms with Gasteiger partial charge in [0.15, 0.2) is 0 Å². The number of phenolic OH excluding ortho intramolecular Hbond substituents is 1. The van der Waals surface area contributed by atoms with Crippen LogP contribution in [-0.4, -0.2) is 11.0 Å². The highest BCUT2D eigenvalue weighted by Crippen LogP contribution is 2.28. The van der Waals surface area contributed by atoms with Crippen molar-refractivity contribution in [3.8, 4) is 5.75 Å². The maximum Gasteiger partial charge on any atom is 0.221 e. The number of rotatable bonds is 3. The van der Waals surface area contributed by atoms with Gasteiger partial charge in [-0.3, -0.25) is 4.79 Å². The second-order valence-corrected chi connectivity index (χ2v) is 3.65. The molecule has 1 aromatic carbocycles. The molecule has 1 amide bonds. The highest BCUT2D eigenvalue weighted by Gasteiger charge is 2.02. The summed E-state index contributed by atoms with van der Waals surface area (Å²) < 4.78 is 0. The number of aryl methyl sites for hydroxylation is 1. The van der Waals surface area contributed by atoms with Crippen molar-refractivity contribution < 1.29 is 9.90 Å². The van der Waals surface area contributed by atoms with Crippen LogP contribution in [0.15, 0.2) is 18.2 Å². The maximum absolute atomic E-state index is 10.5. The monoisotopic (exact) mass is 225 g/mol. The van der Waals surface area contributed by atoms with E-state index in [-0.39, 0.29) is 18.1 Å². The van der Waals surface area contributed by atoms with Crippen LogP contribution in [0, 0.1) is 6.92 Å². The molecule has 0 atom stereocenters. The molecule has 0 spiro atoms. The Hall–Kier alpha value is -1.48. The van der Waals surface area contributed by atoms with Gasteiger partial charge in [-0.1, -0.05) is 23.8 Å². The van der Waals surface area contributed by atoms with Crippen LogP contribution in [0.4, 0.5) is 0 Å². The third kappa shape index (κ3) is 3.29. The normalized spacial score (nSPS) is 10.8. The van der Waals surface area contributed by atoms with E-state index >= 15 is 0 Å². The smallest absolute Gasteiger partial charge is 0.221 e. The molecule has 0 aliphatic heterocycles. The topological polar surface area (TPSA) is 63.3 Å². The van der Waals surface area contributed by atoms with Crippen LogP contribution in [0.2, 0.25) is 5.02 Å². The molecule has 1 aromatic rings. The summed E-state index contributed by atoms with van der Waals surface area (Å²) in [6.07, 6.45) is 3.59. The molecule has 0 fully saturated rings. The standard InChI is InChI=1S/C11H12ClNO2/c1-7-5-8(3-2-4-10(13)14)6-9(12)11(7)15/h2-3,5-6,15H,4H2,1H3,(H2,13,14). The van der Waals surface area contributed by atoms with Gasteiger partial charge in [0.05, 0.1) is 5.02 Å². The first-order chi connectivity index (χ1) is 7.00. The highest BCUT2D eigenvalue weighted by molar-refractivity contribution is 6.32. The molecule has 0 aliphatic carbocycles. The van der Waals surface area contributed by atoms with Crippen LogP contribution in [0.1, 0.15) is 17.5 Å². The van der Waals surface area contributed by atoms with Crippen molar-refractivity contribution in [1.82, 2.24) is 0 Å². The fourth-order valence-electron chi connectivity index (χ4n) is 1.17. The number of aromatic hydroxyl groups is 1. The van der Waals surface area contributed by atoms with Crippen LogP contribution >= 0.6 is 11.6 Å². The highest BCUT2D eigenvalue weighted by atomic mass is 35.5. The van der Waals surface area contributed by atoms with Gasteiger partial charge in [0.25, 0.3) is 0 Å². The zero-order chi connectivity index (χ0) is 11.4. The minimum absolute atomic E-state index is 0.0868. The van der Waals surface area contributed by atoms with E-state index in [1.165, 1.54) is 0 Å². The van der Waals surface area contributed by atoms with E-state index in [9.17, 15) is 9.90 Å². The third-order valence-corrected chi connectivity index (χ3v) is 2.19. The zero-order valence-electron chi connectivity index (χ0n) is 8.33. The van der Waals surface area contributed by atoms with E-state index in [1.807, 2.05) is 0 Å². The summed E-state index contributed by atoms with van der Waals surface area (Å²) in [5.41, 5.74) is 6.51. The molecule has 0 heterocycles. The van der Waals surface area contributed by atoms with E-state index in [0.717, 1.165) is 5.56 Å². The van der Waals surface area contributed by atoms with Gasteiger partial charge in [-0.05, 0) is 30.2 Å². The molecule has 0 bridgehead atoms. The Morgan fingerprint density at radius 3 is 2.80 bits per heavy atom. The molecular weight excluding hydrogens is 214 g/mol. The van der Waals surface area contributed by atoms with Gasteiger partial charge in [0.1, 0.15) is 5.75 Å². The molecule has 0 saturated carbocycles. The van der Waals surface area contributed by atoms with Crippen LogP contribution < -0.4 is 5.73 Å². The molecule has 80 valence electrons. The van der Waals surface area contributed by atoms with Crippen molar-refractivity contribution in [1.29, 1.82) is 0 Å². The maximum atomic E-state index is 10.5. The van der Waals surface area contributed by atoms with Gasteiger partial charge >= 0.3 is 0 Å². The van der Waals surface area contributed by atoms with Crippen LogP contribution in [0.25, 0.3) is 6.08 Å². The molecule has 1 rings (SSSR count). The van der Waals surface area contributed by atoms with Crippen molar-refractivity contribution in [2.45, 2.75) is 13.3 Å². The van der Waals surface area contributed by atoms with Crippen LogP contribution in [0.3, 0.4) is 0 Å². The Morgan fingerprint density at radius 1 is 1.60 bits per heavy atom. The number of phenols is 1. The summed E-state index contributed by atoms with van der Waals surface area (Å²) in [7, 11) is 0. The number of carbonyl (C=O) groups is 1. The SMILES string of the molecule is Cc1cc(C=CCC(N)=O)cc(Cl)c1O. The Labute approximate surface area is 93.2 Å². The summed E-state index contributed by atoms with van der Waals surface area (Å²) in [5.74, 6) is -0.295. The van der Waals surface area contributed by atoms with E-state index < -0.39 is 0 Å². The predicted molar refractivity (Wildman–Crippen MR) is 60.7 cm³/mol. The molecule has 0 aliphatic rings. The molecule has 0 unspecified atom stereocenters. The van der Waals surface area contributed by atoms with Crippen LogP contribution in [0.5, 0.6) is 5.75 Å². The number of benzene rings is 1. The van der Waals surface area contributed by atoms with Gasteiger partial charge < -0.3 is 10.8 Å². The zero-order valence-corrected chi connectivity index (χ0v) is 9.08. The Balaban J connectivity index is 2.87. The number of nitrogens with two attached hydrogens (primary N) is 1. The number of amides is 1. The second-order valence-electron chi connectivity index (χ2n) is 3.24. The Morgan fingerprint density at radius 2 is 2.27 bits per heavy atom. The largest absolute Gasteiger partial charge is 0.506 e. The summed E-state index contributed by atoms with van der Waals surface area (Å²) in [4.78, 5) is 10.5. The van der Waals surface area contributed by atoms with Gasteiger partial charge in [-0.15, -0.1) is 0 Å². The van der Waals surface area contributed by atoms with Crippen molar-refractivity contribution in [3.05, 3.63) is 34.4 Å². The quantitative estimate of drug-likeness (QED) is 0.829. The summed E-state index contributed by atoms with van der Waals surface area (Å²) in [6, 6.07) is 3.40. The Kier molecular flexibility index (Phi) is 3.74. The van der Waals surface area contributed by atoms with E-state index in [1.54, 1.807) is 31.2 Å². The first-order valence-corrected chi connectivity index (χ1v) is 4.82. The number of carbonyl (C=O) groups excluding carboxylic acids is 1. The van der Waals surface area contributed by atoms with Crippen molar-refractivity contribution >= 4 is 23.6 Å². The number of hydrogen-bond donors (Lipinski definition) is 2. The average Bonchev–Trinajstić information content (AvgIpc) is 2.13. The van der Waals surface area contributed by atoms with Crippen molar-refractivity contribution in [2.75, 3.05) is 0 Å². The van der Waals surface area contributed by atoms with Gasteiger partial charge in [-0.2, -0.15) is 0 Å². The Bertz CT molecular complexity index is 390. The van der Waals surface area contributed by atoms with E-state index in [0.29, 0.717) is 10.6 Å². The van der Waals surface area contributed by atoms with Crippen LogP contribution in [-0.2, 0) is 4.79 Å². The lowest BCUT2D eigenvalue weighted by Crippen LogP contribution is -2.07.